The minimum Gasteiger partial charge on any atom is -0.0849 e. The number of thiocarbonyl (C=S) groups is 2. The molecule has 0 N–H and O–H groups in total. The summed E-state index contributed by atoms with van der Waals surface area (Å²) in [5.74, 6) is 0. The molecular formula is C6H6S2. The lowest BCUT2D eigenvalue weighted by Crippen LogP contribution is -2.01. The molecule has 0 fully saturated rings. The van der Waals surface area contributed by atoms with Gasteiger partial charge in [-0.2, -0.15) is 0 Å². The van der Waals surface area contributed by atoms with Crippen LogP contribution >= 0.6 is 24.4 Å². The van der Waals surface area contributed by atoms with Crippen molar-refractivity contribution in [1.82, 2.24) is 0 Å². The Balaban J connectivity index is 2.68. The van der Waals surface area contributed by atoms with Gasteiger partial charge in [0.2, 0.25) is 0 Å². The third-order valence-electron chi connectivity index (χ3n) is 1.07. The molecule has 0 unspecified atom stereocenters. The van der Waals surface area contributed by atoms with E-state index < -0.39 is 0 Å². The molecule has 0 aliphatic heterocycles. The summed E-state index contributed by atoms with van der Waals surface area (Å²) in [5, 5.41) is 0. The van der Waals surface area contributed by atoms with Crippen molar-refractivity contribution < 1.29 is 0 Å². The Labute approximate surface area is 59.6 Å². The van der Waals surface area contributed by atoms with Gasteiger partial charge in [0.15, 0.2) is 0 Å². The second-order valence-corrected chi connectivity index (χ2v) is 2.81. The predicted octanol–water partition coefficient (Wildman–Crippen LogP) is 2.08. The van der Waals surface area contributed by atoms with Crippen molar-refractivity contribution in [3.8, 4) is 0 Å². The first kappa shape index (κ1) is 6.05. The molecule has 1 aliphatic carbocycles. The largest absolute Gasteiger partial charge is 0.0849 e. The van der Waals surface area contributed by atoms with E-state index in [-0.39, 0.29) is 0 Å². The van der Waals surface area contributed by atoms with Crippen LogP contribution in [-0.2, 0) is 0 Å². The molecule has 42 valence electrons. The standard InChI is InChI=1S/C6H6S2/c7-5-1-2-6(8)4-3-5/h1-2H,3-4H2. The van der Waals surface area contributed by atoms with E-state index >= 15 is 0 Å². The van der Waals surface area contributed by atoms with E-state index in [1.807, 2.05) is 12.2 Å². The van der Waals surface area contributed by atoms with Gasteiger partial charge in [0.25, 0.3) is 0 Å². The van der Waals surface area contributed by atoms with Crippen molar-refractivity contribution in [1.29, 1.82) is 0 Å². The van der Waals surface area contributed by atoms with Gasteiger partial charge in [-0.15, -0.1) is 0 Å². The normalized spacial score (nSPS) is 19.5. The molecule has 0 radical (unpaired) electrons. The van der Waals surface area contributed by atoms with Crippen molar-refractivity contribution in [2.75, 3.05) is 0 Å². The van der Waals surface area contributed by atoms with Gasteiger partial charge in [-0.25, -0.2) is 0 Å². The summed E-state index contributed by atoms with van der Waals surface area (Å²) in [5.41, 5.74) is 0. The van der Waals surface area contributed by atoms with Gasteiger partial charge < -0.3 is 0 Å². The summed E-state index contributed by atoms with van der Waals surface area (Å²) in [6, 6.07) is 0. The van der Waals surface area contributed by atoms with Crippen LogP contribution in [0.25, 0.3) is 0 Å². The van der Waals surface area contributed by atoms with E-state index in [1.165, 1.54) is 0 Å². The van der Waals surface area contributed by atoms with Crippen molar-refractivity contribution in [3.63, 3.8) is 0 Å². The van der Waals surface area contributed by atoms with Crippen LogP contribution in [0.15, 0.2) is 12.2 Å². The molecule has 0 atom stereocenters. The lowest BCUT2D eigenvalue weighted by Gasteiger charge is -2.02. The van der Waals surface area contributed by atoms with Crippen molar-refractivity contribution in [2.45, 2.75) is 12.8 Å². The van der Waals surface area contributed by atoms with Gasteiger partial charge in [0.1, 0.15) is 0 Å². The first-order valence-corrected chi connectivity index (χ1v) is 3.34. The van der Waals surface area contributed by atoms with E-state index in [0.717, 1.165) is 22.6 Å². The molecule has 0 aromatic heterocycles. The average molecular weight is 142 g/mol. The zero-order valence-corrected chi connectivity index (χ0v) is 6.02. The van der Waals surface area contributed by atoms with Crippen molar-refractivity contribution in [3.05, 3.63) is 12.2 Å². The van der Waals surface area contributed by atoms with Gasteiger partial charge in [-0.1, -0.05) is 24.4 Å². The minimum atomic E-state index is 0.977. The lowest BCUT2D eigenvalue weighted by atomic mass is 10.1. The molecule has 8 heavy (non-hydrogen) atoms. The number of hydrogen-bond donors (Lipinski definition) is 0. The second kappa shape index (κ2) is 2.46. The average Bonchev–Trinajstić information content (AvgIpc) is 1.77. The number of hydrogen-bond acceptors (Lipinski definition) is 2. The summed E-state index contributed by atoms with van der Waals surface area (Å²) in [6.45, 7) is 0. The van der Waals surface area contributed by atoms with Gasteiger partial charge in [0.05, 0.1) is 0 Å². The van der Waals surface area contributed by atoms with Crippen LogP contribution in [0.2, 0.25) is 0 Å². The van der Waals surface area contributed by atoms with Crippen LogP contribution in [0.1, 0.15) is 12.8 Å². The third-order valence-corrected chi connectivity index (χ3v) is 1.75. The molecule has 0 saturated heterocycles. The maximum Gasteiger partial charge on any atom is 0.0156 e. The van der Waals surface area contributed by atoms with E-state index in [0.29, 0.717) is 0 Å². The molecule has 0 saturated carbocycles. The van der Waals surface area contributed by atoms with E-state index in [9.17, 15) is 0 Å². The Bertz CT molecular complexity index is 138. The highest BCUT2D eigenvalue weighted by atomic mass is 32.1. The van der Waals surface area contributed by atoms with Crippen LogP contribution in [0, 0.1) is 0 Å². The summed E-state index contributed by atoms with van der Waals surface area (Å²) >= 11 is 9.82. The maximum atomic E-state index is 4.91. The molecule has 2 heteroatoms. The first-order valence-electron chi connectivity index (χ1n) is 2.53. The molecule has 0 aromatic carbocycles. The fourth-order valence-corrected chi connectivity index (χ4v) is 0.939. The second-order valence-electron chi connectivity index (χ2n) is 1.77. The molecular weight excluding hydrogens is 136 g/mol. The lowest BCUT2D eigenvalue weighted by molar-refractivity contribution is 1.18. The minimum absolute atomic E-state index is 0.977. The van der Waals surface area contributed by atoms with Gasteiger partial charge in [-0.05, 0) is 25.0 Å². The summed E-state index contributed by atoms with van der Waals surface area (Å²) < 4.78 is 0. The Morgan fingerprint density at radius 2 is 1.38 bits per heavy atom. The smallest absolute Gasteiger partial charge is 0.0156 e. The SMILES string of the molecule is S=C1C=CC(=S)CC1. The Kier molecular flexibility index (Phi) is 1.86. The van der Waals surface area contributed by atoms with Crippen LogP contribution < -0.4 is 0 Å². The van der Waals surface area contributed by atoms with Crippen LogP contribution in [0.5, 0.6) is 0 Å². The third kappa shape index (κ3) is 1.46. The Morgan fingerprint density at radius 1 is 1.00 bits per heavy atom. The quantitative estimate of drug-likeness (QED) is 0.475. The van der Waals surface area contributed by atoms with Crippen molar-refractivity contribution >= 4 is 34.2 Å². The van der Waals surface area contributed by atoms with E-state index in [4.69, 9.17) is 24.4 Å². The van der Waals surface area contributed by atoms with E-state index in [1.54, 1.807) is 0 Å². The zero-order chi connectivity index (χ0) is 5.98. The molecule has 1 rings (SSSR count). The summed E-state index contributed by atoms with van der Waals surface area (Å²) in [6.07, 6.45) is 5.79. The fraction of sp³-hybridized carbons (Fsp3) is 0.333. The van der Waals surface area contributed by atoms with Crippen molar-refractivity contribution in [2.24, 2.45) is 0 Å². The molecule has 0 aromatic rings. The maximum absolute atomic E-state index is 4.91. The highest BCUT2D eigenvalue weighted by molar-refractivity contribution is 7.81. The molecule has 0 spiro atoms. The molecule has 0 amide bonds. The predicted molar refractivity (Wildman–Crippen MR) is 43.6 cm³/mol. The first-order chi connectivity index (χ1) is 3.79. The number of allylic oxidation sites excluding steroid dienone is 2. The molecule has 1 aliphatic rings. The van der Waals surface area contributed by atoms with Crippen LogP contribution in [-0.4, -0.2) is 9.73 Å². The Morgan fingerprint density at radius 3 is 1.62 bits per heavy atom. The highest BCUT2D eigenvalue weighted by Crippen LogP contribution is 2.05. The van der Waals surface area contributed by atoms with Gasteiger partial charge in [0, 0.05) is 9.73 Å². The summed E-state index contributed by atoms with van der Waals surface area (Å²) in [7, 11) is 0. The monoisotopic (exact) mass is 142 g/mol. The number of rotatable bonds is 0. The summed E-state index contributed by atoms with van der Waals surface area (Å²) in [4.78, 5) is 2.05. The van der Waals surface area contributed by atoms with E-state index in [2.05, 4.69) is 0 Å². The topological polar surface area (TPSA) is 0 Å². The van der Waals surface area contributed by atoms with Crippen LogP contribution in [0.4, 0.5) is 0 Å². The highest BCUT2D eigenvalue weighted by Gasteiger charge is 2.00. The van der Waals surface area contributed by atoms with Crippen LogP contribution in [0.3, 0.4) is 0 Å². The zero-order valence-electron chi connectivity index (χ0n) is 4.39. The molecule has 0 heterocycles. The van der Waals surface area contributed by atoms with Gasteiger partial charge in [-0.3, -0.25) is 0 Å². The molecule has 0 bridgehead atoms. The Hall–Kier alpha value is -0.0800. The fourth-order valence-electron chi connectivity index (χ4n) is 0.599. The molecule has 0 nitrogen and oxygen atoms in total. The van der Waals surface area contributed by atoms with Gasteiger partial charge >= 0.3 is 0 Å².